The molecular weight excluding hydrogens is 324 g/mol. The highest BCUT2D eigenvalue weighted by molar-refractivity contribution is 6.06. The summed E-state index contributed by atoms with van der Waals surface area (Å²) in [6.45, 7) is 1.23. The maximum absolute atomic E-state index is 13.2. The zero-order chi connectivity index (χ0) is 18.0. The molecule has 0 amide bonds. The van der Waals surface area contributed by atoms with Crippen LogP contribution in [0.3, 0.4) is 0 Å². The van der Waals surface area contributed by atoms with Gasteiger partial charge in [0.2, 0.25) is 11.9 Å². The molecular formula is C19H18O6. The molecule has 2 aromatic rings. The number of ether oxygens (including phenoxy) is 4. The lowest BCUT2D eigenvalue weighted by Gasteiger charge is -2.41. The number of carbonyl (C=O) groups is 2. The summed E-state index contributed by atoms with van der Waals surface area (Å²) >= 11 is 0. The molecule has 130 valence electrons. The second-order valence-electron chi connectivity index (χ2n) is 5.53. The lowest BCUT2D eigenvalue weighted by atomic mass is 9.89. The Morgan fingerprint density at radius 1 is 1.08 bits per heavy atom. The van der Waals surface area contributed by atoms with Gasteiger partial charge in [-0.2, -0.15) is 0 Å². The van der Waals surface area contributed by atoms with Crippen molar-refractivity contribution >= 4 is 11.8 Å². The van der Waals surface area contributed by atoms with E-state index >= 15 is 0 Å². The molecule has 1 aliphatic rings. The summed E-state index contributed by atoms with van der Waals surface area (Å²) in [5, 5.41) is 0. The van der Waals surface area contributed by atoms with E-state index in [0.717, 1.165) is 0 Å². The lowest BCUT2D eigenvalue weighted by molar-refractivity contribution is -0.233. The minimum absolute atomic E-state index is 0.222. The van der Waals surface area contributed by atoms with Crippen LogP contribution in [0.1, 0.15) is 22.8 Å². The molecule has 1 heterocycles. The van der Waals surface area contributed by atoms with E-state index in [9.17, 15) is 9.59 Å². The molecule has 0 spiro atoms. The largest absolute Gasteiger partial charge is 0.496 e. The number of Topliss-reactive ketones (excluding diaryl/α,β-unsaturated/α-hetero) is 1. The Hall–Kier alpha value is -2.86. The van der Waals surface area contributed by atoms with Gasteiger partial charge in [0.05, 0.1) is 7.11 Å². The Balaban J connectivity index is 2.23. The minimum Gasteiger partial charge on any atom is -0.496 e. The summed E-state index contributed by atoms with van der Waals surface area (Å²) in [5.41, 5.74) is 0.783. The van der Waals surface area contributed by atoms with Crippen LogP contribution in [0.25, 0.3) is 0 Å². The Labute approximate surface area is 145 Å². The zero-order valence-electron chi connectivity index (χ0n) is 14.1. The molecule has 6 nitrogen and oxygen atoms in total. The highest BCUT2D eigenvalue weighted by atomic mass is 16.7. The Morgan fingerprint density at radius 3 is 2.40 bits per heavy atom. The van der Waals surface area contributed by atoms with Gasteiger partial charge in [0.25, 0.3) is 5.79 Å². The first-order valence-electron chi connectivity index (χ1n) is 7.71. The molecule has 0 N–H and O–H groups in total. The van der Waals surface area contributed by atoms with Gasteiger partial charge in [-0.15, -0.1) is 0 Å². The molecule has 25 heavy (non-hydrogen) atoms. The molecule has 6 heteroatoms. The number of hydrogen-bond acceptors (Lipinski definition) is 6. The van der Waals surface area contributed by atoms with Gasteiger partial charge in [-0.3, -0.25) is 9.59 Å². The van der Waals surface area contributed by atoms with Crippen molar-refractivity contribution in [2.24, 2.45) is 0 Å². The Kier molecular flexibility index (Phi) is 4.46. The normalized spacial score (nSPS) is 21.9. The molecule has 3 rings (SSSR count). The number of hydrogen-bond donors (Lipinski definition) is 0. The number of methoxy groups -OCH3 is 2. The van der Waals surface area contributed by atoms with Crippen LogP contribution in [0.4, 0.5) is 0 Å². The van der Waals surface area contributed by atoms with Gasteiger partial charge in [0.15, 0.2) is 0 Å². The molecule has 0 aromatic heterocycles. The lowest BCUT2D eigenvalue weighted by Crippen LogP contribution is -2.55. The van der Waals surface area contributed by atoms with E-state index in [1.54, 1.807) is 42.5 Å². The number of ketones is 1. The van der Waals surface area contributed by atoms with Crippen LogP contribution in [0.2, 0.25) is 0 Å². The molecule has 0 saturated carbocycles. The van der Waals surface area contributed by atoms with Gasteiger partial charge in [0, 0.05) is 19.6 Å². The molecule has 2 atom stereocenters. The minimum atomic E-state index is -1.58. The molecule has 1 aliphatic heterocycles. The van der Waals surface area contributed by atoms with Gasteiger partial charge < -0.3 is 18.9 Å². The van der Waals surface area contributed by atoms with Crippen LogP contribution in [-0.4, -0.2) is 32.1 Å². The van der Waals surface area contributed by atoms with Crippen LogP contribution in [0, 0.1) is 0 Å². The van der Waals surface area contributed by atoms with E-state index in [-0.39, 0.29) is 5.56 Å². The maximum Gasteiger partial charge on any atom is 0.303 e. The van der Waals surface area contributed by atoms with E-state index in [0.29, 0.717) is 17.1 Å². The van der Waals surface area contributed by atoms with E-state index < -0.39 is 23.6 Å². The SMILES string of the molecule is COc1cccc2c1C(=O)[C@H](OC(C)=O)[C@@](OC)(c1ccccc1)O2. The summed E-state index contributed by atoms with van der Waals surface area (Å²) in [7, 11) is 2.86. The third-order valence-corrected chi connectivity index (χ3v) is 4.06. The number of esters is 1. The number of benzene rings is 2. The van der Waals surface area contributed by atoms with Crippen molar-refractivity contribution in [3.63, 3.8) is 0 Å². The van der Waals surface area contributed by atoms with Gasteiger partial charge in [-0.1, -0.05) is 36.4 Å². The summed E-state index contributed by atoms with van der Waals surface area (Å²) in [6, 6.07) is 13.9. The standard InChI is InChI=1S/C19H18O6/c1-12(20)24-18-17(21)16-14(22-2)10-7-11-15(16)25-19(18,23-3)13-8-5-4-6-9-13/h4-11,18H,1-3H3/t18-,19+/m0/s1. The first-order valence-corrected chi connectivity index (χ1v) is 7.71. The van der Waals surface area contributed by atoms with Crippen molar-refractivity contribution in [1.82, 2.24) is 0 Å². The predicted molar refractivity (Wildman–Crippen MR) is 88.6 cm³/mol. The van der Waals surface area contributed by atoms with E-state index in [1.807, 2.05) is 6.07 Å². The number of rotatable bonds is 4. The van der Waals surface area contributed by atoms with Crippen LogP contribution >= 0.6 is 0 Å². The Bertz CT molecular complexity index is 801. The van der Waals surface area contributed by atoms with Crippen molar-refractivity contribution in [3.8, 4) is 11.5 Å². The predicted octanol–water partition coefficient (Wildman–Crippen LogP) is 2.70. The molecule has 0 radical (unpaired) electrons. The average molecular weight is 342 g/mol. The van der Waals surface area contributed by atoms with Crippen molar-refractivity contribution in [2.75, 3.05) is 14.2 Å². The van der Waals surface area contributed by atoms with Gasteiger partial charge >= 0.3 is 5.97 Å². The maximum atomic E-state index is 13.2. The third-order valence-electron chi connectivity index (χ3n) is 4.06. The zero-order valence-corrected chi connectivity index (χ0v) is 14.1. The molecule has 0 bridgehead atoms. The summed E-state index contributed by atoms with van der Waals surface area (Å²) in [4.78, 5) is 24.8. The fraction of sp³-hybridized carbons (Fsp3) is 0.263. The fourth-order valence-electron chi connectivity index (χ4n) is 2.97. The van der Waals surface area contributed by atoms with Crippen LogP contribution in [0.5, 0.6) is 11.5 Å². The second-order valence-corrected chi connectivity index (χ2v) is 5.53. The van der Waals surface area contributed by atoms with Crippen LogP contribution < -0.4 is 9.47 Å². The summed E-state index contributed by atoms with van der Waals surface area (Å²) in [5.74, 6) is -1.99. The molecule has 0 fully saturated rings. The van der Waals surface area contributed by atoms with Gasteiger partial charge in [0.1, 0.15) is 17.1 Å². The number of fused-ring (bicyclic) bond motifs is 1. The molecule has 0 unspecified atom stereocenters. The highest BCUT2D eigenvalue weighted by Gasteiger charge is 2.55. The first kappa shape index (κ1) is 17.0. The van der Waals surface area contributed by atoms with E-state index in [2.05, 4.69) is 0 Å². The van der Waals surface area contributed by atoms with Crippen LogP contribution in [-0.2, 0) is 20.1 Å². The Morgan fingerprint density at radius 2 is 1.80 bits per heavy atom. The topological polar surface area (TPSA) is 71.1 Å². The van der Waals surface area contributed by atoms with Crippen molar-refractivity contribution < 1.29 is 28.5 Å². The van der Waals surface area contributed by atoms with E-state index in [4.69, 9.17) is 18.9 Å². The summed E-state index contributed by atoms with van der Waals surface area (Å²) < 4.78 is 22.3. The first-order chi connectivity index (χ1) is 12.0. The molecule has 0 aliphatic carbocycles. The second kappa shape index (κ2) is 6.57. The quantitative estimate of drug-likeness (QED) is 0.796. The van der Waals surface area contributed by atoms with Crippen molar-refractivity contribution in [2.45, 2.75) is 18.8 Å². The summed E-state index contributed by atoms with van der Waals surface area (Å²) in [6.07, 6.45) is -1.30. The van der Waals surface area contributed by atoms with Crippen molar-refractivity contribution in [3.05, 3.63) is 59.7 Å². The van der Waals surface area contributed by atoms with Gasteiger partial charge in [-0.05, 0) is 12.1 Å². The molecule has 0 saturated heterocycles. The van der Waals surface area contributed by atoms with Crippen LogP contribution in [0.15, 0.2) is 48.5 Å². The average Bonchev–Trinajstić information content (AvgIpc) is 2.63. The van der Waals surface area contributed by atoms with Gasteiger partial charge in [-0.25, -0.2) is 0 Å². The smallest absolute Gasteiger partial charge is 0.303 e. The van der Waals surface area contributed by atoms with E-state index in [1.165, 1.54) is 21.1 Å². The van der Waals surface area contributed by atoms with Crippen molar-refractivity contribution in [1.29, 1.82) is 0 Å². The highest BCUT2D eigenvalue weighted by Crippen LogP contribution is 2.44. The monoisotopic (exact) mass is 342 g/mol. The third kappa shape index (κ3) is 2.74. The number of carbonyl (C=O) groups excluding carboxylic acids is 2. The molecule has 2 aromatic carbocycles. The fourth-order valence-corrected chi connectivity index (χ4v) is 2.97.